The predicted molar refractivity (Wildman–Crippen MR) is 72.1 cm³/mol. The third-order valence-corrected chi connectivity index (χ3v) is 3.22. The monoisotopic (exact) mass is 300 g/mol. The van der Waals surface area contributed by atoms with Crippen LogP contribution in [0, 0.1) is 10.1 Å². The lowest BCUT2D eigenvalue weighted by Gasteiger charge is -2.17. The molecule has 1 fully saturated rings. The zero-order valence-corrected chi connectivity index (χ0v) is 11.5. The molecule has 0 aliphatic carbocycles. The number of anilines is 1. The highest BCUT2D eigenvalue weighted by Gasteiger charge is 2.30. The molecule has 20 heavy (non-hydrogen) atoms. The van der Waals surface area contributed by atoms with E-state index in [0.717, 1.165) is 0 Å². The Balaban J connectivity index is 2.15. The highest BCUT2D eigenvalue weighted by Crippen LogP contribution is 2.30. The first-order valence-electron chi connectivity index (χ1n) is 5.91. The number of methoxy groups -OCH3 is 1. The van der Waals surface area contributed by atoms with Gasteiger partial charge in [0.05, 0.1) is 18.1 Å². The Morgan fingerprint density at radius 1 is 1.65 bits per heavy atom. The van der Waals surface area contributed by atoms with Gasteiger partial charge in [0.25, 0.3) is 0 Å². The first-order chi connectivity index (χ1) is 9.51. The number of carbonyl (C=O) groups is 1. The predicted octanol–water partition coefficient (Wildman–Crippen LogP) is 1.58. The summed E-state index contributed by atoms with van der Waals surface area (Å²) in [6.45, 7) is 0.964. The molecule has 0 spiro atoms. The normalized spacial score (nSPS) is 17.9. The van der Waals surface area contributed by atoms with Gasteiger partial charge in [-0.2, -0.15) is 0 Å². The van der Waals surface area contributed by atoms with Crippen molar-refractivity contribution in [3.63, 3.8) is 0 Å². The summed E-state index contributed by atoms with van der Waals surface area (Å²) in [5.41, 5.74) is -0.104. The first kappa shape index (κ1) is 14.3. The molecule has 0 saturated carbocycles. The minimum Gasteiger partial charge on any atom is -0.453 e. The molecule has 0 radical (unpaired) electrons. The number of alkyl carbamates (subject to hydrolysis) is 1. The van der Waals surface area contributed by atoms with Gasteiger partial charge in [-0.15, -0.1) is 0 Å². The SMILES string of the molecule is COC(=O)NC1CCN(c2nc(Cl)ccc2[N+](=O)[O-])C1. The van der Waals surface area contributed by atoms with E-state index in [9.17, 15) is 14.9 Å². The molecular formula is C11H13ClN4O4. The van der Waals surface area contributed by atoms with Gasteiger partial charge < -0.3 is 15.0 Å². The summed E-state index contributed by atoms with van der Waals surface area (Å²) in [6.07, 6.45) is 0.130. The van der Waals surface area contributed by atoms with E-state index in [4.69, 9.17) is 11.6 Å². The first-order valence-corrected chi connectivity index (χ1v) is 6.29. The van der Waals surface area contributed by atoms with Crippen LogP contribution in [0.4, 0.5) is 16.3 Å². The molecule has 2 heterocycles. The van der Waals surface area contributed by atoms with E-state index in [1.165, 1.54) is 19.2 Å². The van der Waals surface area contributed by atoms with Crippen LogP contribution in [-0.4, -0.2) is 42.2 Å². The highest BCUT2D eigenvalue weighted by molar-refractivity contribution is 6.29. The van der Waals surface area contributed by atoms with E-state index in [1.807, 2.05) is 0 Å². The number of nitrogens with zero attached hydrogens (tertiary/aromatic N) is 3. The quantitative estimate of drug-likeness (QED) is 0.517. The summed E-state index contributed by atoms with van der Waals surface area (Å²) in [4.78, 5) is 27.4. The van der Waals surface area contributed by atoms with Crippen molar-refractivity contribution in [2.45, 2.75) is 12.5 Å². The van der Waals surface area contributed by atoms with Gasteiger partial charge in [0, 0.05) is 19.2 Å². The van der Waals surface area contributed by atoms with Crippen LogP contribution in [0.1, 0.15) is 6.42 Å². The average molecular weight is 301 g/mol. The summed E-state index contributed by atoms with van der Waals surface area (Å²) < 4.78 is 4.52. The topological polar surface area (TPSA) is 97.6 Å². The molecule has 1 saturated heterocycles. The number of nitro groups is 1. The van der Waals surface area contributed by atoms with E-state index < -0.39 is 11.0 Å². The number of halogens is 1. The lowest BCUT2D eigenvalue weighted by Crippen LogP contribution is -2.37. The van der Waals surface area contributed by atoms with Crippen LogP contribution in [0.15, 0.2) is 12.1 Å². The van der Waals surface area contributed by atoms with Gasteiger partial charge >= 0.3 is 11.8 Å². The van der Waals surface area contributed by atoms with Gasteiger partial charge in [-0.1, -0.05) is 11.6 Å². The number of carbonyl (C=O) groups excluding carboxylic acids is 1. The molecule has 1 aromatic heterocycles. The molecule has 108 valence electrons. The van der Waals surface area contributed by atoms with Crippen molar-refractivity contribution in [2.24, 2.45) is 0 Å². The standard InChI is InChI=1S/C11H13ClN4O4/c1-20-11(17)13-7-4-5-15(6-7)10-8(16(18)19)2-3-9(12)14-10/h2-3,7H,4-6H2,1H3,(H,13,17). The maximum absolute atomic E-state index is 11.1. The van der Waals surface area contributed by atoms with Gasteiger partial charge in [-0.3, -0.25) is 10.1 Å². The molecule has 1 atom stereocenters. The number of pyridine rings is 1. The summed E-state index contributed by atoms with van der Waals surface area (Å²) in [5, 5.41) is 13.8. The molecule has 1 aromatic rings. The van der Waals surface area contributed by atoms with Crippen LogP contribution >= 0.6 is 11.6 Å². The third kappa shape index (κ3) is 3.08. The Kier molecular flexibility index (Phi) is 4.23. The van der Waals surface area contributed by atoms with Gasteiger partial charge in [0.2, 0.25) is 5.82 Å². The molecule has 1 N–H and O–H groups in total. The molecule has 0 aromatic carbocycles. The van der Waals surface area contributed by atoms with Crippen molar-refractivity contribution in [3.8, 4) is 0 Å². The highest BCUT2D eigenvalue weighted by atomic mass is 35.5. The van der Waals surface area contributed by atoms with Crippen molar-refractivity contribution in [3.05, 3.63) is 27.4 Å². The maximum atomic E-state index is 11.1. The van der Waals surface area contributed by atoms with E-state index in [0.29, 0.717) is 19.5 Å². The number of ether oxygens (including phenoxy) is 1. The molecule has 1 unspecified atom stereocenters. The van der Waals surface area contributed by atoms with Crippen molar-refractivity contribution >= 4 is 29.2 Å². The van der Waals surface area contributed by atoms with Crippen LogP contribution in [0.25, 0.3) is 0 Å². The van der Waals surface area contributed by atoms with Crippen molar-refractivity contribution in [1.29, 1.82) is 0 Å². The van der Waals surface area contributed by atoms with Gasteiger partial charge in [-0.25, -0.2) is 9.78 Å². The van der Waals surface area contributed by atoms with Crippen LogP contribution in [0.3, 0.4) is 0 Å². The zero-order valence-electron chi connectivity index (χ0n) is 10.7. The van der Waals surface area contributed by atoms with Crippen molar-refractivity contribution in [2.75, 3.05) is 25.1 Å². The maximum Gasteiger partial charge on any atom is 0.407 e. The molecule has 2 rings (SSSR count). The van der Waals surface area contributed by atoms with Crippen molar-refractivity contribution in [1.82, 2.24) is 10.3 Å². The van der Waals surface area contributed by atoms with E-state index in [2.05, 4.69) is 15.0 Å². The Hall–Kier alpha value is -2.09. The fourth-order valence-corrected chi connectivity index (χ4v) is 2.23. The lowest BCUT2D eigenvalue weighted by atomic mass is 10.3. The summed E-state index contributed by atoms with van der Waals surface area (Å²) in [5.74, 6) is 0.219. The minimum atomic E-state index is -0.523. The summed E-state index contributed by atoms with van der Waals surface area (Å²) in [6, 6.07) is 2.57. The number of nitrogens with one attached hydrogen (secondary N) is 1. The van der Waals surface area contributed by atoms with Crippen LogP contribution in [0.5, 0.6) is 0 Å². The van der Waals surface area contributed by atoms with E-state index in [1.54, 1.807) is 4.90 Å². The van der Waals surface area contributed by atoms with Gasteiger partial charge in [-0.05, 0) is 12.5 Å². The van der Waals surface area contributed by atoms with E-state index in [-0.39, 0.29) is 22.7 Å². The largest absolute Gasteiger partial charge is 0.453 e. The molecule has 1 aliphatic rings. The number of amides is 1. The van der Waals surface area contributed by atoms with Crippen LogP contribution < -0.4 is 10.2 Å². The summed E-state index contributed by atoms with van der Waals surface area (Å²) in [7, 11) is 1.28. The molecule has 1 aliphatic heterocycles. The number of rotatable bonds is 3. The summed E-state index contributed by atoms with van der Waals surface area (Å²) >= 11 is 5.79. The number of hydrogen-bond acceptors (Lipinski definition) is 6. The second-order valence-corrected chi connectivity index (χ2v) is 4.69. The Morgan fingerprint density at radius 2 is 2.40 bits per heavy atom. The Labute approximate surface area is 119 Å². The zero-order chi connectivity index (χ0) is 14.7. The molecule has 9 heteroatoms. The fourth-order valence-electron chi connectivity index (χ4n) is 2.09. The van der Waals surface area contributed by atoms with Gasteiger partial charge in [0.1, 0.15) is 5.15 Å². The molecule has 8 nitrogen and oxygen atoms in total. The Bertz CT molecular complexity index is 539. The second kappa shape index (κ2) is 5.91. The Morgan fingerprint density at radius 3 is 3.05 bits per heavy atom. The van der Waals surface area contributed by atoms with Crippen LogP contribution in [0.2, 0.25) is 5.15 Å². The number of aromatic nitrogens is 1. The lowest BCUT2D eigenvalue weighted by molar-refractivity contribution is -0.384. The fraction of sp³-hybridized carbons (Fsp3) is 0.455. The molecule has 1 amide bonds. The van der Waals surface area contributed by atoms with Crippen LogP contribution in [-0.2, 0) is 4.74 Å². The third-order valence-electron chi connectivity index (χ3n) is 3.01. The number of hydrogen-bond donors (Lipinski definition) is 1. The van der Waals surface area contributed by atoms with E-state index >= 15 is 0 Å². The smallest absolute Gasteiger partial charge is 0.407 e. The molecular weight excluding hydrogens is 288 g/mol. The second-order valence-electron chi connectivity index (χ2n) is 4.30. The average Bonchev–Trinajstić information content (AvgIpc) is 2.86. The molecule has 0 bridgehead atoms. The minimum absolute atomic E-state index is 0.104. The van der Waals surface area contributed by atoms with Gasteiger partial charge in [0.15, 0.2) is 0 Å². The van der Waals surface area contributed by atoms with Crippen molar-refractivity contribution < 1.29 is 14.5 Å².